The second-order valence-corrected chi connectivity index (χ2v) is 5.17. The van der Waals surface area contributed by atoms with Crippen LogP contribution in [0.3, 0.4) is 0 Å². The average Bonchev–Trinajstić information content (AvgIpc) is 2.37. The molecule has 0 unspecified atom stereocenters. The summed E-state index contributed by atoms with van der Waals surface area (Å²) in [6, 6.07) is 4.10. The Balaban J connectivity index is 2.98. The number of hydrogen-bond acceptors (Lipinski definition) is 3. The van der Waals surface area contributed by atoms with Gasteiger partial charge in [0.15, 0.2) is 0 Å². The quantitative estimate of drug-likeness (QED) is 0.863. The van der Waals surface area contributed by atoms with E-state index in [1.807, 2.05) is 0 Å². The number of methoxy groups -OCH3 is 1. The van der Waals surface area contributed by atoms with Crippen molar-refractivity contribution in [1.82, 2.24) is 5.32 Å². The number of nitrogens with one attached hydrogen (secondary N) is 1. The van der Waals surface area contributed by atoms with E-state index >= 15 is 0 Å². The van der Waals surface area contributed by atoms with Crippen LogP contribution in [0.4, 0.5) is 4.39 Å². The van der Waals surface area contributed by atoms with Crippen molar-refractivity contribution in [1.29, 1.82) is 0 Å². The van der Waals surface area contributed by atoms with Gasteiger partial charge in [-0.3, -0.25) is 4.79 Å². The molecule has 0 radical (unpaired) electrons. The Kier molecular flexibility index (Phi) is 5.05. The maximum atomic E-state index is 13.7. The maximum Gasteiger partial charge on any atom is 0.331 e. The maximum absolute atomic E-state index is 13.7. The Morgan fingerprint density at radius 2 is 2.11 bits per heavy atom. The highest BCUT2D eigenvalue weighted by Gasteiger charge is 2.34. The predicted octanol–water partition coefficient (Wildman–Crippen LogP) is 2.66. The molecule has 1 rings (SSSR count). The molecule has 0 spiro atoms. The largest absolute Gasteiger partial charge is 0.467 e. The first-order valence-corrected chi connectivity index (χ1v) is 6.49. The molecule has 0 fully saturated rings. The van der Waals surface area contributed by atoms with Crippen LogP contribution in [0.5, 0.6) is 0 Å². The average molecular weight is 332 g/mol. The minimum absolute atomic E-state index is 0.119. The van der Waals surface area contributed by atoms with Gasteiger partial charge >= 0.3 is 5.97 Å². The molecule has 1 aromatic carbocycles. The van der Waals surface area contributed by atoms with Gasteiger partial charge in [0.2, 0.25) is 0 Å². The SMILES string of the molecule is CC[C@@](C)(NC(=O)c1ccc(Br)cc1F)C(=O)OC. The van der Waals surface area contributed by atoms with E-state index in [-0.39, 0.29) is 5.56 Å². The normalized spacial score (nSPS) is 13.5. The summed E-state index contributed by atoms with van der Waals surface area (Å²) in [5, 5.41) is 2.50. The van der Waals surface area contributed by atoms with Crippen molar-refractivity contribution in [2.45, 2.75) is 25.8 Å². The van der Waals surface area contributed by atoms with Gasteiger partial charge in [-0.05, 0) is 31.5 Å². The number of halogens is 2. The number of hydrogen-bond donors (Lipinski definition) is 1. The summed E-state index contributed by atoms with van der Waals surface area (Å²) < 4.78 is 18.8. The third-order valence-electron chi connectivity index (χ3n) is 2.91. The van der Waals surface area contributed by atoms with Crippen LogP contribution in [-0.4, -0.2) is 24.5 Å². The van der Waals surface area contributed by atoms with Crippen LogP contribution >= 0.6 is 15.9 Å². The van der Waals surface area contributed by atoms with Gasteiger partial charge in [-0.1, -0.05) is 22.9 Å². The molecule has 4 nitrogen and oxygen atoms in total. The van der Waals surface area contributed by atoms with E-state index in [1.165, 1.54) is 26.2 Å². The molecule has 0 aromatic heterocycles. The zero-order valence-electron chi connectivity index (χ0n) is 10.9. The predicted molar refractivity (Wildman–Crippen MR) is 72.3 cm³/mol. The Labute approximate surface area is 119 Å². The molecule has 0 aliphatic carbocycles. The van der Waals surface area contributed by atoms with Gasteiger partial charge in [-0.25, -0.2) is 9.18 Å². The van der Waals surface area contributed by atoms with E-state index in [2.05, 4.69) is 26.0 Å². The monoisotopic (exact) mass is 331 g/mol. The van der Waals surface area contributed by atoms with Gasteiger partial charge in [0.1, 0.15) is 11.4 Å². The minimum Gasteiger partial charge on any atom is -0.467 e. The Morgan fingerprint density at radius 1 is 1.47 bits per heavy atom. The van der Waals surface area contributed by atoms with Crippen LogP contribution < -0.4 is 5.32 Å². The topological polar surface area (TPSA) is 55.4 Å². The first kappa shape index (κ1) is 15.6. The number of rotatable bonds is 4. The second-order valence-electron chi connectivity index (χ2n) is 4.26. The van der Waals surface area contributed by atoms with Crippen molar-refractivity contribution < 1.29 is 18.7 Å². The molecule has 0 saturated heterocycles. The number of carbonyl (C=O) groups is 2. The van der Waals surface area contributed by atoms with Gasteiger partial charge in [-0.15, -0.1) is 0 Å². The van der Waals surface area contributed by atoms with Crippen molar-refractivity contribution in [3.8, 4) is 0 Å². The molecule has 1 amide bonds. The molecule has 1 N–H and O–H groups in total. The van der Waals surface area contributed by atoms with Crippen LogP contribution in [0.1, 0.15) is 30.6 Å². The summed E-state index contributed by atoms with van der Waals surface area (Å²) in [7, 11) is 1.24. The lowest BCUT2D eigenvalue weighted by atomic mass is 9.98. The summed E-state index contributed by atoms with van der Waals surface area (Å²) in [4.78, 5) is 23.6. The highest BCUT2D eigenvalue weighted by Crippen LogP contribution is 2.17. The molecule has 104 valence electrons. The van der Waals surface area contributed by atoms with Gasteiger partial charge in [0, 0.05) is 4.47 Å². The third-order valence-corrected chi connectivity index (χ3v) is 3.40. The van der Waals surface area contributed by atoms with E-state index < -0.39 is 23.2 Å². The van der Waals surface area contributed by atoms with E-state index in [1.54, 1.807) is 13.0 Å². The number of benzene rings is 1. The van der Waals surface area contributed by atoms with E-state index in [4.69, 9.17) is 0 Å². The van der Waals surface area contributed by atoms with Crippen LogP contribution in [0.2, 0.25) is 0 Å². The molecule has 0 bridgehead atoms. The highest BCUT2D eigenvalue weighted by atomic mass is 79.9. The first-order chi connectivity index (χ1) is 8.84. The molecule has 6 heteroatoms. The van der Waals surface area contributed by atoms with Crippen LogP contribution in [0.15, 0.2) is 22.7 Å². The highest BCUT2D eigenvalue weighted by molar-refractivity contribution is 9.10. The first-order valence-electron chi connectivity index (χ1n) is 5.70. The van der Waals surface area contributed by atoms with Crippen LogP contribution in [0, 0.1) is 5.82 Å². The van der Waals surface area contributed by atoms with Gasteiger partial charge in [0.25, 0.3) is 5.91 Å². The summed E-state index contributed by atoms with van der Waals surface area (Å²) in [6.45, 7) is 3.27. The van der Waals surface area contributed by atoms with Gasteiger partial charge in [-0.2, -0.15) is 0 Å². The van der Waals surface area contributed by atoms with E-state index in [0.29, 0.717) is 10.9 Å². The Morgan fingerprint density at radius 3 is 2.58 bits per heavy atom. The summed E-state index contributed by atoms with van der Waals surface area (Å²) in [5.74, 6) is -1.88. The fraction of sp³-hybridized carbons (Fsp3) is 0.385. The standard InChI is InChI=1S/C13H15BrFNO3/c1-4-13(2,12(18)19-3)16-11(17)9-6-5-8(14)7-10(9)15/h5-7H,4H2,1-3H3,(H,16,17)/t13-/m1/s1. The zero-order chi connectivity index (χ0) is 14.6. The molecule has 0 heterocycles. The number of amides is 1. The van der Waals surface area contributed by atoms with Crippen molar-refractivity contribution in [3.63, 3.8) is 0 Å². The number of carbonyl (C=O) groups excluding carboxylic acids is 2. The van der Waals surface area contributed by atoms with Crippen LogP contribution in [-0.2, 0) is 9.53 Å². The number of esters is 1. The fourth-order valence-corrected chi connectivity index (χ4v) is 1.83. The smallest absolute Gasteiger partial charge is 0.331 e. The summed E-state index contributed by atoms with van der Waals surface area (Å²) >= 11 is 3.11. The second kappa shape index (κ2) is 6.14. The van der Waals surface area contributed by atoms with Crippen molar-refractivity contribution >= 4 is 27.8 Å². The molecule has 0 aliphatic heterocycles. The van der Waals surface area contributed by atoms with E-state index in [0.717, 1.165) is 0 Å². The fourth-order valence-electron chi connectivity index (χ4n) is 1.50. The third kappa shape index (κ3) is 3.53. The Hall–Kier alpha value is -1.43. The lowest BCUT2D eigenvalue weighted by Gasteiger charge is -2.26. The van der Waals surface area contributed by atoms with E-state index in [9.17, 15) is 14.0 Å². The molecular formula is C13H15BrFNO3. The van der Waals surface area contributed by atoms with Crippen molar-refractivity contribution in [2.75, 3.05) is 7.11 Å². The van der Waals surface area contributed by atoms with Gasteiger partial charge in [0.05, 0.1) is 12.7 Å². The zero-order valence-corrected chi connectivity index (χ0v) is 12.5. The number of ether oxygens (including phenoxy) is 1. The minimum atomic E-state index is -1.18. The molecule has 19 heavy (non-hydrogen) atoms. The van der Waals surface area contributed by atoms with Crippen molar-refractivity contribution in [3.05, 3.63) is 34.1 Å². The lowest BCUT2D eigenvalue weighted by molar-refractivity contribution is -0.147. The summed E-state index contributed by atoms with van der Waals surface area (Å²) in [5.41, 5.74) is -1.29. The molecule has 1 aromatic rings. The van der Waals surface area contributed by atoms with Gasteiger partial charge < -0.3 is 10.1 Å². The van der Waals surface area contributed by atoms with Crippen LogP contribution in [0.25, 0.3) is 0 Å². The molecule has 0 aliphatic rings. The molecular weight excluding hydrogens is 317 g/mol. The summed E-state index contributed by atoms with van der Waals surface area (Å²) in [6.07, 6.45) is 0.337. The lowest BCUT2D eigenvalue weighted by Crippen LogP contribution is -2.52. The molecule has 0 saturated carbocycles. The molecule has 1 atom stereocenters. The Bertz CT molecular complexity index is 507. The van der Waals surface area contributed by atoms with Crippen molar-refractivity contribution in [2.24, 2.45) is 0 Å².